The van der Waals surface area contributed by atoms with Crippen LogP contribution in [0.1, 0.15) is 110 Å². The van der Waals surface area contributed by atoms with Crippen LogP contribution < -0.4 is 10.2 Å². The fourth-order valence-corrected chi connectivity index (χ4v) is 11.7. The monoisotopic (exact) mass is 1010 g/mol. The molecule has 6 rings (SSSR count). The summed E-state index contributed by atoms with van der Waals surface area (Å²) in [5.74, 6) is -3.42. The Balaban J connectivity index is 1.18. The van der Waals surface area contributed by atoms with Crippen LogP contribution in [0.3, 0.4) is 0 Å². The molecule has 1 aliphatic carbocycles. The van der Waals surface area contributed by atoms with Gasteiger partial charge in [-0.3, -0.25) is 39.1 Å². The maximum Gasteiger partial charge on any atom is 0.409 e. The largest absolute Gasteiger partial charge is 0.457 e. The molecule has 4 aliphatic heterocycles. The zero-order chi connectivity index (χ0) is 50.9. The molecule has 19 heteroatoms. The van der Waals surface area contributed by atoms with Gasteiger partial charge in [0.15, 0.2) is 0 Å². The number of ketones is 1. The number of aryl methyl sites for hydroxylation is 1. The van der Waals surface area contributed by atoms with Gasteiger partial charge in [0.25, 0.3) is 0 Å². The molecule has 5 aliphatic rings. The minimum Gasteiger partial charge on any atom is -0.457 e. The molecule has 14 nitrogen and oxygen atoms in total. The molecule has 3 saturated heterocycles. The fourth-order valence-electron chi connectivity index (χ4n) is 10.3. The summed E-state index contributed by atoms with van der Waals surface area (Å²) in [7, 11) is 2.69. The van der Waals surface area contributed by atoms with Gasteiger partial charge in [-0.25, -0.2) is 4.79 Å². The van der Waals surface area contributed by atoms with Crippen molar-refractivity contribution in [3.63, 3.8) is 0 Å². The number of nitrogens with one attached hydrogen (secondary N) is 1. The summed E-state index contributed by atoms with van der Waals surface area (Å²) in [6.45, 7) is 12.2. The third-order valence-corrected chi connectivity index (χ3v) is 16.9. The molecule has 4 amide bonds. The number of amides is 4. The van der Waals surface area contributed by atoms with E-state index in [1.807, 2.05) is 39.0 Å². The number of alkyl carbamates (subject to hydrolysis) is 1. The number of likely N-dealkylation sites (N-methyl/N-ethyl adjacent to an activating group) is 1. The number of esters is 1. The van der Waals surface area contributed by atoms with Crippen molar-refractivity contribution in [2.75, 3.05) is 31.3 Å². The second kappa shape index (κ2) is 21.8. The molecule has 4 heterocycles. The fraction of sp³-hybridized carbons (Fsp3) is 0.680. The number of fused-ring (bicyclic) bond motifs is 5. The number of epoxide rings is 1. The normalized spacial score (nSPS) is 33.5. The quantitative estimate of drug-likeness (QED) is 0.118. The lowest BCUT2D eigenvalue weighted by molar-refractivity contribution is -0.192. The van der Waals surface area contributed by atoms with E-state index in [4.69, 9.17) is 25.8 Å². The Morgan fingerprint density at radius 1 is 1.09 bits per heavy atom. The molecule has 4 fully saturated rings. The maximum absolute atomic E-state index is 14.9. The number of thioether (sulfide) groups is 1. The van der Waals surface area contributed by atoms with Crippen molar-refractivity contribution in [3.8, 4) is 0 Å². The topological polar surface area (TPSA) is 175 Å². The summed E-state index contributed by atoms with van der Waals surface area (Å²) in [6.07, 6.45) is -0.529. The molecular formula is C50H68ClF3N4O10S. The predicted octanol–water partition coefficient (Wildman–Crippen LogP) is 7.88. The first-order valence-corrected chi connectivity index (χ1v) is 25.5. The van der Waals surface area contributed by atoms with Crippen LogP contribution in [0.5, 0.6) is 0 Å². The van der Waals surface area contributed by atoms with Crippen molar-refractivity contribution >= 4 is 64.6 Å². The van der Waals surface area contributed by atoms with Gasteiger partial charge in [0.1, 0.15) is 41.4 Å². The summed E-state index contributed by atoms with van der Waals surface area (Å²) in [5.41, 5.74) is -0.180. The van der Waals surface area contributed by atoms with Crippen molar-refractivity contribution in [2.45, 2.75) is 166 Å². The van der Waals surface area contributed by atoms with Crippen molar-refractivity contribution in [1.82, 2.24) is 15.1 Å². The number of ether oxygens (including phenoxy) is 3. The van der Waals surface area contributed by atoms with Crippen molar-refractivity contribution in [2.24, 2.45) is 23.7 Å². The minimum atomic E-state index is -4.81. The van der Waals surface area contributed by atoms with Gasteiger partial charge in [0, 0.05) is 50.6 Å². The Labute approximate surface area is 412 Å². The number of halogens is 4. The second-order valence-electron chi connectivity index (χ2n) is 20.1. The number of aliphatic hydroxyl groups is 1. The molecule has 382 valence electrons. The number of anilines is 1. The molecule has 10 atom stereocenters. The Hall–Kier alpha value is -3.97. The number of hydrogen-bond donors (Lipinski definition) is 2. The first kappa shape index (κ1) is 54.4. The number of hydrogen-bond acceptors (Lipinski definition) is 12. The first-order chi connectivity index (χ1) is 32.3. The van der Waals surface area contributed by atoms with Gasteiger partial charge in [0.2, 0.25) is 17.7 Å². The number of nitrogens with zero attached hydrogens (tertiary/aromatic N) is 3. The van der Waals surface area contributed by atoms with Gasteiger partial charge in [-0.05, 0) is 102 Å². The van der Waals surface area contributed by atoms with E-state index in [1.54, 1.807) is 32.9 Å². The van der Waals surface area contributed by atoms with Gasteiger partial charge < -0.3 is 24.2 Å². The third kappa shape index (κ3) is 12.4. The number of benzene rings is 1. The Morgan fingerprint density at radius 3 is 2.42 bits per heavy atom. The average Bonchev–Trinajstić information content (AvgIpc) is 3.91. The lowest BCUT2D eigenvalue weighted by atomic mass is 9.79. The SMILES string of the molecule is CCC(=O)C1CCC(CN2C(=O)CC(SCCC(N(C)[C@@H](C)C(=O)OC3CC(=O)N(C)c4cc(cc(C)c4Cl)C/C(C)=C/C=C/[C@@H](C)[C@@]4(O)C[C@H](OC(=O)N4)[C@@H](C)[C@@H]4O[C@@]34C)C(F)(F)F)C2=O)CC1. The van der Waals surface area contributed by atoms with Crippen molar-refractivity contribution in [3.05, 3.63) is 52.1 Å². The summed E-state index contributed by atoms with van der Waals surface area (Å²) in [6, 6.07) is 0.0600. The van der Waals surface area contributed by atoms with Crippen LogP contribution >= 0.6 is 23.4 Å². The van der Waals surface area contributed by atoms with Gasteiger partial charge in [-0.2, -0.15) is 13.2 Å². The molecule has 0 spiro atoms. The van der Waals surface area contributed by atoms with E-state index in [1.165, 1.54) is 23.8 Å². The maximum atomic E-state index is 14.9. The average molecular weight is 1010 g/mol. The predicted molar refractivity (Wildman–Crippen MR) is 255 cm³/mol. The molecule has 1 saturated carbocycles. The lowest BCUT2D eigenvalue weighted by Gasteiger charge is -2.41. The van der Waals surface area contributed by atoms with E-state index in [2.05, 4.69) is 5.32 Å². The summed E-state index contributed by atoms with van der Waals surface area (Å²) in [4.78, 5) is 83.3. The molecule has 69 heavy (non-hydrogen) atoms. The smallest absolute Gasteiger partial charge is 0.409 e. The highest BCUT2D eigenvalue weighted by atomic mass is 35.5. The molecule has 1 aromatic carbocycles. The molecular weight excluding hydrogens is 941 g/mol. The molecule has 4 bridgehead atoms. The highest BCUT2D eigenvalue weighted by Gasteiger charge is 2.64. The van der Waals surface area contributed by atoms with Crippen LogP contribution in [0, 0.1) is 30.6 Å². The zero-order valence-corrected chi connectivity index (χ0v) is 42.6. The first-order valence-electron chi connectivity index (χ1n) is 24.0. The molecule has 0 radical (unpaired) electrons. The van der Waals surface area contributed by atoms with Crippen LogP contribution in [0.25, 0.3) is 0 Å². The number of Topliss-reactive ketones (excluding diaryl/α,β-unsaturated/α-hetero) is 1. The van der Waals surface area contributed by atoms with Crippen molar-refractivity contribution < 1.29 is 61.3 Å². The standard InChI is InChI=1S/C50H68ClF3N4O10S/c1-10-36(59)34-16-14-32(15-17-34)26-58-42(61)23-38(45(58)62)69-19-18-39(50(52,53)54)56(8)31(6)46(63)67-40-24-41(60)57(9)35-22-33(21-28(3)43(35)51)20-27(2)12-11-13-29(4)49(65)25-37(66-47(64)55-49)30(5)44-48(40,7)68-44/h11-13,21-22,29-32,34,37-40,44,65H,10,14-20,23-26H2,1-9H3,(H,55,64)/b13-11+,27-12+/t29-,30-,31+,32?,34?,37+,38?,39?,40?,44+,48+,49+/m1/s1. The van der Waals surface area contributed by atoms with E-state index < -0.39 is 102 Å². The van der Waals surface area contributed by atoms with E-state index >= 15 is 0 Å². The Kier molecular flexibility index (Phi) is 17.2. The number of carbonyl (C=O) groups excluding carboxylic acids is 6. The third-order valence-electron chi connectivity index (χ3n) is 15.2. The Morgan fingerprint density at radius 2 is 1.77 bits per heavy atom. The van der Waals surface area contributed by atoms with Gasteiger partial charge in [0.05, 0.1) is 28.5 Å². The van der Waals surface area contributed by atoms with E-state index in [-0.39, 0.29) is 48.7 Å². The summed E-state index contributed by atoms with van der Waals surface area (Å²) < 4.78 is 62.6. The lowest BCUT2D eigenvalue weighted by Crippen LogP contribution is -2.60. The summed E-state index contributed by atoms with van der Waals surface area (Å²) >= 11 is 7.78. The van der Waals surface area contributed by atoms with Gasteiger partial charge in [-0.15, -0.1) is 11.8 Å². The number of carbonyl (C=O) groups is 6. The van der Waals surface area contributed by atoms with Crippen molar-refractivity contribution in [1.29, 1.82) is 0 Å². The Bertz CT molecular complexity index is 2200. The molecule has 3 unspecified atom stereocenters. The number of likely N-dealkylation sites (tertiary alicyclic amines) is 1. The van der Waals surface area contributed by atoms with Crippen LogP contribution in [0.15, 0.2) is 35.9 Å². The van der Waals surface area contributed by atoms with Crippen LogP contribution in [-0.4, -0.2) is 130 Å². The second-order valence-corrected chi connectivity index (χ2v) is 21.8. The number of allylic oxidation sites excluding steroid dienone is 3. The highest BCUT2D eigenvalue weighted by molar-refractivity contribution is 8.00. The number of imide groups is 1. The summed E-state index contributed by atoms with van der Waals surface area (Å²) in [5, 5.41) is 13.8. The van der Waals surface area contributed by atoms with E-state index in [9.17, 15) is 47.0 Å². The minimum absolute atomic E-state index is 0.00252. The molecule has 1 aromatic rings. The molecule has 2 N–H and O–H groups in total. The van der Waals surface area contributed by atoms with Crippen LogP contribution in [-0.2, 0) is 44.6 Å². The number of alkyl halides is 3. The highest BCUT2D eigenvalue weighted by Crippen LogP contribution is 2.49. The van der Waals surface area contributed by atoms with Crippen LogP contribution in [0.2, 0.25) is 5.02 Å². The number of rotatable bonds is 12. The molecule has 0 aromatic heterocycles. The zero-order valence-electron chi connectivity index (χ0n) is 41.0. The van der Waals surface area contributed by atoms with E-state index in [0.29, 0.717) is 54.8 Å². The van der Waals surface area contributed by atoms with Gasteiger partial charge in [-0.1, -0.05) is 62.2 Å². The van der Waals surface area contributed by atoms with Gasteiger partial charge >= 0.3 is 18.2 Å². The van der Waals surface area contributed by atoms with Crippen LogP contribution in [0.4, 0.5) is 23.7 Å². The van der Waals surface area contributed by atoms with E-state index in [0.717, 1.165) is 34.8 Å².